The molecule has 12 heteroatoms. The van der Waals surface area contributed by atoms with Crippen LogP contribution in [0.2, 0.25) is 5.02 Å². The number of benzene rings is 1. The highest BCUT2D eigenvalue weighted by atomic mass is 35.5. The van der Waals surface area contributed by atoms with E-state index in [4.69, 9.17) is 21.1 Å². The zero-order valence-corrected chi connectivity index (χ0v) is 17.8. The Balaban J connectivity index is 2.13. The van der Waals surface area contributed by atoms with Crippen molar-refractivity contribution in [2.24, 2.45) is 0 Å². The minimum absolute atomic E-state index is 0.0301. The highest BCUT2D eigenvalue weighted by molar-refractivity contribution is 7.89. The number of nitrogens with zero attached hydrogens (tertiary/aromatic N) is 3. The Bertz CT molecular complexity index is 1160. The summed E-state index contributed by atoms with van der Waals surface area (Å²) in [5.74, 6) is -0.468. The number of aromatic nitrogens is 3. The van der Waals surface area contributed by atoms with Gasteiger partial charge in [-0.05, 0) is 19.1 Å². The van der Waals surface area contributed by atoms with Crippen LogP contribution in [-0.4, -0.2) is 55.9 Å². The molecule has 0 aliphatic rings. The van der Waals surface area contributed by atoms with Crippen LogP contribution in [0.25, 0.3) is 5.65 Å². The third-order valence-electron chi connectivity index (χ3n) is 4.00. The fourth-order valence-electron chi connectivity index (χ4n) is 2.62. The molecule has 3 rings (SSSR count). The summed E-state index contributed by atoms with van der Waals surface area (Å²) in [6.45, 7) is 2.12. The lowest BCUT2D eigenvalue weighted by Gasteiger charge is -2.14. The van der Waals surface area contributed by atoms with Crippen molar-refractivity contribution in [1.82, 2.24) is 19.3 Å². The van der Waals surface area contributed by atoms with Crippen molar-refractivity contribution >= 4 is 44.7 Å². The van der Waals surface area contributed by atoms with Gasteiger partial charge in [-0.1, -0.05) is 23.7 Å². The first-order chi connectivity index (χ1) is 14.4. The van der Waals surface area contributed by atoms with E-state index in [0.29, 0.717) is 10.7 Å². The second-order valence-electron chi connectivity index (χ2n) is 5.98. The molecule has 0 bridgehead atoms. The third kappa shape index (κ3) is 4.54. The summed E-state index contributed by atoms with van der Waals surface area (Å²) in [4.78, 5) is 16.4. The highest BCUT2D eigenvalue weighted by Gasteiger charge is 2.25. The summed E-state index contributed by atoms with van der Waals surface area (Å²) in [5, 5.41) is 7.57. The van der Waals surface area contributed by atoms with Gasteiger partial charge in [-0.15, -0.1) is 0 Å². The molecule has 0 aliphatic carbocycles. The van der Waals surface area contributed by atoms with Crippen LogP contribution in [0.3, 0.4) is 0 Å². The maximum absolute atomic E-state index is 12.6. The van der Waals surface area contributed by atoms with E-state index in [1.54, 1.807) is 31.2 Å². The van der Waals surface area contributed by atoms with Crippen molar-refractivity contribution in [3.05, 3.63) is 47.2 Å². The molecule has 10 nitrogen and oxygen atoms in total. The summed E-state index contributed by atoms with van der Waals surface area (Å²) in [5.41, 5.74) is 0.599. The number of halogens is 1. The lowest BCUT2D eigenvalue weighted by molar-refractivity contribution is 0.0526. The second-order valence-corrected chi connectivity index (χ2v) is 8.12. The van der Waals surface area contributed by atoms with Gasteiger partial charge in [-0.2, -0.15) is 9.61 Å². The monoisotopic (exact) mass is 453 g/mol. The van der Waals surface area contributed by atoms with Crippen LogP contribution in [0, 0.1) is 0 Å². The van der Waals surface area contributed by atoms with Gasteiger partial charge in [-0.3, -0.25) is 0 Å². The van der Waals surface area contributed by atoms with Gasteiger partial charge in [0.1, 0.15) is 10.5 Å². The summed E-state index contributed by atoms with van der Waals surface area (Å²) < 4.78 is 38.9. The fourth-order valence-corrected chi connectivity index (χ4v) is 3.88. The Kier molecular flexibility index (Phi) is 6.87. The molecule has 0 saturated heterocycles. The molecule has 3 aromatic rings. The number of ether oxygens (including phenoxy) is 2. The third-order valence-corrected chi connectivity index (χ3v) is 5.79. The first-order valence-corrected chi connectivity index (χ1v) is 10.8. The molecule has 2 heterocycles. The van der Waals surface area contributed by atoms with E-state index in [2.05, 4.69) is 20.1 Å². The van der Waals surface area contributed by atoms with E-state index < -0.39 is 16.0 Å². The number of esters is 1. The number of carbonyl (C=O) groups excluding carboxylic acids is 1. The van der Waals surface area contributed by atoms with Gasteiger partial charge in [-0.25, -0.2) is 22.9 Å². The van der Waals surface area contributed by atoms with Crippen LogP contribution in [0.15, 0.2) is 41.6 Å². The number of methoxy groups -OCH3 is 1. The quantitative estimate of drug-likeness (QED) is 0.373. The van der Waals surface area contributed by atoms with Crippen LogP contribution in [0.1, 0.15) is 17.3 Å². The smallest absolute Gasteiger partial charge is 0.343 e. The van der Waals surface area contributed by atoms with Crippen molar-refractivity contribution in [3.63, 3.8) is 0 Å². The summed E-state index contributed by atoms with van der Waals surface area (Å²) in [6, 6.07) is 6.89. The zero-order valence-electron chi connectivity index (χ0n) is 16.3. The van der Waals surface area contributed by atoms with E-state index in [1.807, 2.05) is 0 Å². The van der Waals surface area contributed by atoms with E-state index in [9.17, 15) is 13.2 Å². The van der Waals surface area contributed by atoms with Crippen LogP contribution in [-0.2, 0) is 19.5 Å². The van der Waals surface area contributed by atoms with Crippen LogP contribution < -0.4 is 10.0 Å². The molecule has 0 fully saturated rings. The Morgan fingerprint density at radius 2 is 2.03 bits per heavy atom. The largest absolute Gasteiger partial charge is 0.462 e. The van der Waals surface area contributed by atoms with Crippen molar-refractivity contribution in [2.75, 3.05) is 32.2 Å². The number of hydrogen-bond donors (Lipinski definition) is 2. The number of fused-ring (bicyclic) bond motifs is 1. The first-order valence-electron chi connectivity index (χ1n) is 8.93. The summed E-state index contributed by atoms with van der Waals surface area (Å²) in [7, 11) is -2.44. The van der Waals surface area contributed by atoms with Gasteiger partial charge >= 0.3 is 5.97 Å². The predicted molar refractivity (Wildman–Crippen MR) is 111 cm³/mol. The Hall–Kier alpha value is -2.73. The van der Waals surface area contributed by atoms with Gasteiger partial charge in [0.2, 0.25) is 10.0 Å². The van der Waals surface area contributed by atoms with Crippen LogP contribution in [0.5, 0.6) is 0 Å². The van der Waals surface area contributed by atoms with Crippen LogP contribution >= 0.6 is 11.6 Å². The normalized spacial score (nSPS) is 11.6. The molecule has 0 amide bonds. The molecule has 0 saturated carbocycles. The SMILES string of the molecule is CCOC(=O)c1cnc2c(S(=O)(=O)NCCOC)cnn2c1Nc1ccccc1Cl. The fraction of sp³-hybridized carbons (Fsp3) is 0.278. The summed E-state index contributed by atoms with van der Waals surface area (Å²) >= 11 is 6.23. The van der Waals surface area contributed by atoms with Gasteiger partial charge in [0.15, 0.2) is 11.5 Å². The maximum atomic E-state index is 12.6. The minimum atomic E-state index is -3.90. The molecule has 30 heavy (non-hydrogen) atoms. The van der Waals surface area contributed by atoms with Crippen molar-refractivity contribution < 1.29 is 22.7 Å². The first kappa shape index (κ1) is 22.0. The van der Waals surface area contributed by atoms with Crippen molar-refractivity contribution in [2.45, 2.75) is 11.8 Å². The van der Waals surface area contributed by atoms with E-state index in [1.165, 1.54) is 17.8 Å². The van der Waals surface area contributed by atoms with E-state index in [0.717, 1.165) is 6.20 Å². The molecular weight excluding hydrogens is 434 g/mol. The molecule has 0 unspecified atom stereocenters. The molecular formula is C18H20ClN5O5S. The lowest BCUT2D eigenvalue weighted by Crippen LogP contribution is -2.27. The standard InChI is InChI=1S/C18H20ClN5O5S/c1-3-29-18(25)12-10-20-17-15(30(26,27)22-8-9-28-2)11-21-24(17)16(12)23-14-7-5-4-6-13(14)19/h4-7,10-11,22-23H,3,8-9H2,1-2H3. The number of para-hydroxylation sites is 1. The topological polar surface area (TPSA) is 124 Å². The predicted octanol–water partition coefficient (Wildman–Crippen LogP) is 2.23. The van der Waals surface area contributed by atoms with Gasteiger partial charge in [0.05, 0.1) is 30.1 Å². The molecule has 2 aromatic heterocycles. The maximum Gasteiger partial charge on any atom is 0.343 e. The van der Waals surface area contributed by atoms with Crippen molar-refractivity contribution in [1.29, 1.82) is 0 Å². The second kappa shape index (κ2) is 9.39. The molecule has 1 aromatic carbocycles. The average molecular weight is 454 g/mol. The number of carbonyl (C=O) groups is 1. The number of nitrogens with one attached hydrogen (secondary N) is 2. The molecule has 160 valence electrons. The number of rotatable bonds is 9. The number of hydrogen-bond acceptors (Lipinski definition) is 8. The molecule has 2 N–H and O–H groups in total. The van der Waals surface area contributed by atoms with Gasteiger partial charge < -0.3 is 14.8 Å². The molecule has 0 aliphatic heterocycles. The van der Waals surface area contributed by atoms with Crippen LogP contribution in [0.4, 0.5) is 11.5 Å². The number of sulfonamides is 1. The van der Waals surface area contributed by atoms with E-state index >= 15 is 0 Å². The minimum Gasteiger partial charge on any atom is -0.462 e. The van der Waals surface area contributed by atoms with Gasteiger partial charge in [0, 0.05) is 19.9 Å². The molecule has 0 spiro atoms. The molecule has 0 atom stereocenters. The molecule has 0 radical (unpaired) electrons. The lowest BCUT2D eigenvalue weighted by atomic mass is 10.2. The summed E-state index contributed by atoms with van der Waals surface area (Å²) in [6.07, 6.45) is 2.40. The Morgan fingerprint density at radius 3 is 2.73 bits per heavy atom. The highest BCUT2D eigenvalue weighted by Crippen LogP contribution is 2.29. The average Bonchev–Trinajstić information content (AvgIpc) is 3.15. The Labute approximate surface area is 178 Å². The Morgan fingerprint density at radius 1 is 1.27 bits per heavy atom. The number of anilines is 2. The van der Waals surface area contributed by atoms with Gasteiger partial charge in [0.25, 0.3) is 0 Å². The zero-order chi connectivity index (χ0) is 21.7. The van der Waals surface area contributed by atoms with Crippen molar-refractivity contribution in [3.8, 4) is 0 Å². The van der Waals surface area contributed by atoms with E-state index in [-0.39, 0.29) is 41.7 Å².